The molecule has 4 rings (SSSR count). The van der Waals surface area contributed by atoms with Crippen LogP contribution in [0.15, 0.2) is 23.1 Å². The maximum Gasteiger partial charge on any atom is 0.256 e. The maximum absolute atomic E-state index is 13.1. The van der Waals surface area contributed by atoms with Gasteiger partial charge in [0.15, 0.2) is 5.82 Å². The fraction of sp³-hybridized carbons (Fsp3) is 0.312. The van der Waals surface area contributed by atoms with E-state index in [1.807, 2.05) is 0 Å². The molecule has 0 atom stereocenters. The molecule has 10 heteroatoms. The average molecular weight is 375 g/mol. The molecular weight excluding hydrogens is 358 g/mol. The third-order valence-electron chi connectivity index (χ3n) is 4.26. The first-order valence-corrected chi connectivity index (χ1v) is 9.54. The Morgan fingerprint density at radius 2 is 2.04 bits per heavy atom. The summed E-state index contributed by atoms with van der Waals surface area (Å²) in [4.78, 5) is 16.7. The molecule has 0 saturated carbocycles. The number of aromatic nitrogens is 3. The smallest absolute Gasteiger partial charge is 0.256 e. The first-order valence-electron chi connectivity index (χ1n) is 8.10. The van der Waals surface area contributed by atoms with E-state index >= 15 is 0 Å². The maximum atomic E-state index is 13.1. The van der Waals surface area contributed by atoms with Gasteiger partial charge in [-0.05, 0) is 25.1 Å². The summed E-state index contributed by atoms with van der Waals surface area (Å²) in [5.74, 6) is 0.538. The van der Waals surface area contributed by atoms with Crippen molar-refractivity contribution >= 4 is 33.3 Å². The van der Waals surface area contributed by atoms with E-state index in [-0.39, 0.29) is 29.5 Å². The first-order chi connectivity index (χ1) is 12.5. The van der Waals surface area contributed by atoms with Crippen LogP contribution in [0.4, 0.5) is 5.69 Å². The number of sulfonamides is 1. The lowest BCUT2D eigenvalue weighted by molar-refractivity contribution is -0.110. The fourth-order valence-electron chi connectivity index (χ4n) is 3.05. The second-order valence-electron chi connectivity index (χ2n) is 5.99. The average Bonchev–Trinajstić information content (AvgIpc) is 3.19. The topological polar surface area (TPSA) is 117 Å². The zero-order chi connectivity index (χ0) is 18.3. The molecule has 0 bridgehead atoms. The monoisotopic (exact) mass is 375 g/mol. The van der Waals surface area contributed by atoms with Gasteiger partial charge in [-0.15, -0.1) is 0 Å². The van der Waals surface area contributed by atoms with Crippen molar-refractivity contribution in [2.75, 3.05) is 31.6 Å². The minimum absolute atomic E-state index is 0.0914. The molecule has 136 valence electrons. The number of benzene rings is 1. The Labute approximate surface area is 150 Å². The summed E-state index contributed by atoms with van der Waals surface area (Å²) < 4.78 is 32.9. The molecule has 1 amide bonds. The highest BCUT2D eigenvalue weighted by Crippen LogP contribution is 2.38. The Morgan fingerprint density at radius 3 is 2.73 bits per heavy atom. The van der Waals surface area contributed by atoms with E-state index in [1.165, 1.54) is 16.4 Å². The van der Waals surface area contributed by atoms with Crippen LogP contribution in [0.2, 0.25) is 0 Å². The number of nitrogens with zero attached hydrogens (tertiary/aromatic N) is 3. The van der Waals surface area contributed by atoms with Gasteiger partial charge in [0.1, 0.15) is 5.82 Å². The van der Waals surface area contributed by atoms with E-state index in [2.05, 4.69) is 20.5 Å². The van der Waals surface area contributed by atoms with Gasteiger partial charge in [0, 0.05) is 18.7 Å². The van der Waals surface area contributed by atoms with Gasteiger partial charge in [-0.1, -0.05) is 6.07 Å². The van der Waals surface area contributed by atoms with Crippen molar-refractivity contribution in [2.45, 2.75) is 11.8 Å². The summed E-state index contributed by atoms with van der Waals surface area (Å²) >= 11 is 0. The molecule has 2 aliphatic rings. The molecule has 2 aromatic rings. The quantitative estimate of drug-likeness (QED) is 0.760. The van der Waals surface area contributed by atoms with Crippen LogP contribution < -0.4 is 5.32 Å². The third kappa shape index (κ3) is 2.81. The molecule has 1 aromatic carbocycles. The van der Waals surface area contributed by atoms with Gasteiger partial charge in [0.05, 0.1) is 29.4 Å². The number of nitrogens with one attached hydrogen (secondary N) is 2. The van der Waals surface area contributed by atoms with E-state index in [4.69, 9.17) is 4.74 Å². The number of carbonyl (C=O) groups excluding carboxylic acids is 1. The highest BCUT2D eigenvalue weighted by Gasteiger charge is 2.35. The number of morpholine rings is 1. The predicted octanol–water partition coefficient (Wildman–Crippen LogP) is 0.627. The van der Waals surface area contributed by atoms with Crippen molar-refractivity contribution in [3.8, 4) is 0 Å². The Morgan fingerprint density at radius 1 is 1.27 bits per heavy atom. The van der Waals surface area contributed by atoms with E-state index in [0.717, 1.165) is 0 Å². The van der Waals surface area contributed by atoms with E-state index in [9.17, 15) is 13.2 Å². The van der Waals surface area contributed by atoms with Crippen LogP contribution in [-0.2, 0) is 19.6 Å². The summed E-state index contributed by atoms with van der Waals surface area (Å²) in [6.45, 7) is 3.01. The Bertz CT molecular complexity index is 1010. The van der Waals surface area contributed by atoms with Crippen molar-refractivity contribution in [3.05, 3.63) is 35.4 Å². The number of aryl methyl sites for hydroxylation is 1. The molecule has 3 heterocycles. The first kappa shape index (κ1) is 16.9. The van der Waals surface area contributed by atoms with Gasteiger partial charge in [-0.3, -0.25) is 9.89 Å². The van der Waals surface area contributed by atoms with Crippen molar-refractivity contribution in [2.24, 2.45) is 0 Å². The largest absolute Gasteiger partial charge is 0.379 e. The minimum Gasteiger partial charge on any atom is -0.379 e. The number of carbonyl (C=O) groups is 1. The molecule has 1 aromatic heterocycles. The number of aromatic amines is 1. The lowest BCUT2D eigenvalue weighted by Crippen LogP contribution is -2.40. The Balaban J connectivity index is 1.84. The molecule has 1 fully saturated rings. The molecule has 2 aliphatic heterocycles. The summed E-state index contributed by atoms with van der Waals surface area (Å²) in [7, 11) is -3.76. The van der Waals surface area contributed by atoms with Crippen LogP contribution in [0.1, 0.15) is 17.2 Å². The lowest BCUT2D eigenvalue weighted by Gasteiger charge is -2.26. The molecule has 1 saturated heterocycles. The summed E-state index contributed by atoms with van der Waals surface area (Å²) in [6.07, 6.45) is 1.49. The van der Waals surface area contributed by atoms with Crippen molar-refractivity contribution in [1.82, 2.24) is 19.5 Å². The predicted molar refractivity (Wildman–Crippen MR) is 93.6 cm³/mol. The molecule has 26 heavy (non-hydrogen) atoms. The Kier molecular flexibility index (Phi) is 4.10. The van der Waals surface area contributed by atoms with Gasteiger partial charge >= 0.3 is 0 Å². The fourth-order valence-corrected chi connectivity index (χ4v) is 4.69. The van der Waals surface area contributed by atoms with Gasteiger partial charge in [-0.25, -0.2) is 13.4 Å². The second kappa shape index (κ2) is 6.31. The third-order valence-corrected chi connectivity index (χ3v) is 6.21. The molecular formula is C16H17N5O4S. The summed E-state index contributed by atoms with van der Waals surface area (Å²) in [6, 6.07) is 4.81. The Hall–Kier alpha value is -2.56. The van der Waals surface area contributed by atoms with Gasteiger partial charge in [-0.2, -0.15) is 9.40 Å². The highest BCUT2D eigenvalue weighted by atomic mass is 32.2. The number of amides is 1. The normalized spacial score (nSPS) is 19.6. The van der Waals surface area contributed by atoms with E-state index in [0.29, 0.717) is 36.1 Å². The van der Waals surface area contributed by atoms with Crippen molar-refractivity contribution in [1.29, 1.82) is 0 Å². The molecule has 0 spiro atoms. The molecule has 0 unspecified atom stereocenters. The number of anilines is 1. The second-order valence-corrected chi connectivity index (χ2v) is 7.89. The van der Waals surface area contributed by atoms with Gasteiger partial charge in [0.2, 0.25) is 10.0 Å². The lowest BCUT2D eigenvalue weighted by atomic mass is 10.1. The number of rotatable bonds is 3. The van der Waals surface area contributed by atoms with E-state index < -0.39 is 10.0 Å². The number of hydrogen-bond donors (Lipinski definition) is 2. The van der Waals surface area contributed by atoms with Crippen LogP contribution >= 0.6 is 0 Å². The number of fused-ring (bicyclic) bond motifs is 1. The standard InChI is InChI=1S/C16H17N5O4S/c1-10-17-14(20-19-10)9-11-15-12(18-16(11)22)3-2-4-13(15)26(23,24)21-5-7-25-8-6-21/h2-4,9H,5-8H2,1H3,(H,18,22)(H,17,19,20). The number of ether oxygens (including phenoxy) is 1. The van der Waals surface area contributed by atoms with Gasteiger partial charge in [0.25, 0.3) is 5.91 Å². The van der Waals surface area contributed by atoms with Gasteiger partial charge < -0.3 is 10.1 Å². The summed E-state index contributed by atoms with van der Waals surface area (Å²) in [5.41, 5.74) is 1.04. The SMILES string of the molecule is Cc1nc(C=C2C(=O)Nc3cccc(S(=O)(=O)N4CCOCC4)c32)n[nH]1. The minimum atomic E-state index is -3.76. The van der Waals surface area contributed by atoms with Crippen LogP contribution in [0.3, 0.4) is 0 Å². The molecule has 9 nitrogen and oxygen atoms in total. The zero-order valence-corrected chi connectivity index (χ0v) is 14.8. The number of H-pyrrole nitrogens is 1. The van der Waals surface area contributed by atoms with E-state index in [1.54, 1.807) is 19.1 Å². The number of hydrogen-bond acceptors (Lipinski definition) is 6. The van der Waals surface area contributed by atoms with Crippen molar-refractivity contribution < 1.29 is 17.9 Å². The molecule has 0 aliphatic carbocycles. The molecule has 0 radical (unpaired) electrons. The van der Waals surface area contributed by atoms with Crippen LogP contribution in [-0.4, -0.2) is 60.1 Å². The van der Waals surface area contributed by atoms with Crippen LogP contribution in [0, 0.1) is 6.92 Å². The highest BCUT2D eigenvalue weighted by molar-refractivity contribution is 7.89. The molecule has 2 N–H and O–H groups in total. The van der Waals surface area contributed by atoms with Crippen LogP contribution in [0.25, 0.3) is 11.6 Å². The van der Waals surface area contributed by atoms with Crippen molar-refractivity contribution in [3.63, 3.8) is 0 Å². The summed E-state index contributed by atoms with van der Waals surface area (Å²) in [5, 5.41) is 9.41. The zero-order valence-electron chi connectivity index (χ0n) is 14.0. The van der Waals surface area contributed by atoms with Crippen LogP contribution in [0.5, 0.6) is 0 Å².